The molecule has 13 heteroatoms. The van der Waals surface area contributed by atoms with Crippen molar-refractivity contribution in [3.05, 3.63) is 42.0 Å². The lowest BCUT2D eigenvalue weighted by molar-refractivity contribution is -0.139. The van der Waals surface area contributed by atoms with E-state index in [1.807, 2.05) is 13.0 Å². The quantitative estimate of drug-likeness (QED) is 0.486. The second kappa shape index (κ2) is 12.8. The van der Waals surface area contributed by atoms with Gasteiger partial charge in [-0.3, -0.25) is 24.5 Å². The number of fused-ring (bicyclic) bond motifs is 1. The summed E-state index contributed by atoms with van der Waals surface area (Å²) in [6, 6.07) is 2.62. The highest BCUT2D eigenvalue weighted by Gasteiger charge is 2.29. The predicted molar refractivity (Wildman–Crippen MR) is 146 cm³/mol. The summed E-state index contributed by atoms with van der Waals surface area (Å²) < 4.78 is 1.78. The second-order valence-corrected chi connectivity index (χ2v) is 10.6. The molecule has 4 heterocycles. The van der Waals surface area contributed by atoms with Gasteiger partial charge >= 0.3 is 0 Å². The monoisotopic (exact) mass is 550 g/mol. The molecule has 0 saturated carbocycles. The van der Waals surface area contributed by atoms with Crippen molar-refractivity contribution in [1.29, 1.82) is 0 Å². The fraction of sp³-hybridized carbons (Fsp3) is 0.556. The van der Waals surface area contributed by atoms with Crippen molar-refractivity contribution in [2.75, 3.05) is 20.1 Å². The molecule has 13 nitrogen and oxygen atoms in total. The van der Waals surface area contributed by atoms with Crippen LogP contribution in [0.3, 0.4) is 0 Å². The van der Waals surface area contributed by atoms with Crippen molar-refractivity contribution in [3.63, 3.8) is 0 Å². The van der Waals surface area contributed by atoms with Crippen molar-refractivity contribution >= 4 is 17.7 Å². The SMILES string of the molecule is Cc1nc2n(n1)CCN(C(=O)Cc1nc(-c3cccnc3)n[nH]1)CCCC(=O)N(C)[C@@H](C)C(=O)N[C@@H]2CC(C)C. The number of carbonyl (C=O) groups is 3. The number of hydrogen-bond acceptors (Lipinski definition) is 8. The Labute approximate surface area is 233 Å². The van der Waals surface area contributed by atoms with Gasteiger partial charge in [0, 0.05) is 44.5 Å². The molecule has 0 bridgehead atoms. The van der Waals surface area contributed by atoms with Crippen LogP contribution >= 0.6 is 0 Å². The van der Waals surface area contributed by atoms with Gasteiger partial charge in [-0.2, -0.15) is 10.2 Å². The Morgan fingerprint density at radius 3 is 2.70 bits per heavy atom. The summed E-state index contributed by atoms with van der Waals surface area (Å²) in [5.74, 6) is 1.90. The number of H-pyrrole nitrogens is 1. The van der Waals surface area contributed by atoms with Gasteiger partial charge < -0.3 is 15.1 Å². The fourth-order valence-corrected chi connectivity index (χ4v) is 4.71. The molecular formula is C27H38N10O3. The molecule has 0 aromatic carbocycles. The van der Waals surface area contributed by atoms with E-state index in [-0.39, 0.29) is 42.5 Å². The number of pyridine rings is 1. The maximum Gasteiger partial charge on any atom is 0.243 e. The van der Waals surface area contributed by atoms with E-state index in [4.69, 9.17) is 0 Å². The molecule has 3 aromatic rings. The van der Waals surface area contributed by atoms with Gasteiger partial charge in [0.2, 0.25) is 17.7 Å². The Kier molecular flexibility index (Phi) is 9.22. The second-order valence-electron chi connectivity index (χ2n) is 10.6. The molecule has 0 aliphatic carbocycles. The molecular weight excluding hydrogens is 512 g/mol. The van der Waals surface area contributed by atoms with Gasteiger partial charge in [-0.05, 0) is 44.7 Å². The third-order valence-corrected chi connectivity index (χ3v) is 7.02. The Bertz CT molecular complexity index is 1320. The number of aromatic nitrogens is 7. The predicted octanol–water partition coefficient (Wildman–Crippen LogP) is 1.68. The number of aryl methyl sites for hydroxylation is 1. The lowest BCUT2D eigenvalue weighted by Gasteiger charge is -2.29. The maximum atomic E-state index is 13.4. The van der Waals surface area contributed by atoms with Gasteiger partial charge in [0.15, 0.2) is 5.82 Å². The zero-order valence-corrected chi connectivity index (χ0v) is 23.8. The summed E-state index contributed by atoms with van der Waals surface area (Å²) in [5.41, 5.74) is 0.754. The molecule has 0 radical (unpaired) electrons. The van der Waals surface area contributed by atoms with Gasteiger partial charge in [-0.25, -0.2) is 14.6 Å². The van der Waals surface area contributed by atoms with Crippen LogP contribution in [-0.4, -0.2) is 88.6 Å². The van der Waals surface area contributed by atoms with E-state index < -0.39 is 6.04 Å². The van der Waals surface area contributed by atoms with Gasteiger partial charge in [-0.15, -0.1) is 0 Å². The first-order valence-electron chi connectivity index (χ1n) is 13.7. The molecule has 2 atom stereocenters. The summed E-state index contributed by atoms with van der Waals surface area (Å²) in [6.45, 7) is 8.81. The molecule has 4 rings (SSSR count). The first kappa shape index (κ1) is 28.8. The number of carbonyl (C=O) groups excluding carboxylic acids is 3. The van der Waals surface area contributed by atoms with E-state index in [0.717, 1.165) is 5.56 Å². The zero-order chi connectivity index (χ0) is 28.8. The van der Waals surface area contributed by atoms with Crippen molar-refractivity contribution in [1.82, 2.24) is 50.0 Å². The number of likely N-dealkylation sites (N-methyl/N-ethyl adjacent to an activating group) is 1. The van der Waals surface area contributed by atoms with E-state index in [2.05, 4.69) is 49.4 Å². The molecule has 1 aliphatic heterocycles. The average molecular weight is 551 g/mol. The molecule has 3 amide bonds. The minimum Gasteiger partial charge on any atom is -0.344 e. The molecule has 0 spiro atoms. The van der Waals surface area contributed by atoms with Crippen LogP contribution in [0, 0.1) is 12.8 Å². The number of nitrogens with zero attached hydrogens (tertiary/aromatic N) is 8. The number of aromatic amines is 1. The third-order valence-electron chi connectivity index (χ3n) is 7.02. The van der Waals surface area contributed by atoms with Crippen molar-refractivity contribution in [2.24, 2.45) is 5.92 Å². The van der Waals surface area contributed by atoms with E-state index in [1.54, 1.807) is 42.0 Å². The molecule has 3 aromatic heterocycles. The van der Waals surface area contributed by atoms with Crippen molar-refractivity contribution in [2.45, 2.75) is 72.0 Å². The lowest BCUT2D eigenvalue weighted by atomic mass is 10.0. The molecule has 40 heavy (non-hydrogen) atoms. The van der Waals surface area contributed by atoms with Crippen LogP contribution in [0.2, 0.25) is 0 Å². The van der Waals surface area contributed by atoms with Crippen LogP contribution < -0.4 is 5.32 Å². The van der Waals surface area contributed by atoms with Crippen LogP contribution in [0.25, 0.3) is 11.4 Å². The first-order valence-corrected chi connectivity index (χ1v) is 13.7. The Hall–Kier alpha value is -4.16. The van der Waals surface area contributed by atoms with Gasteiger partial charge in [0.1, 0.15) is 23.5 Å². The smallest absolute Gasteiger partial charge is 0.243 e. The molecule has 0 fully saturated rings. The van der Waals surface area contributed by atoms with Gasteiger partial charge in [0.05, 0.1) is 19.0 Å². The minimum absolute atomic E-state index is 0.0351. The standard InChI is InChI=1S/C27H38N10O3/c1-17(2)14-21-26-29-19(4)34-37(26)13-12-36(11-7-9-23(38)35(5)18(3)27(40)30-21)24(39)15-22-31-25(33-32-22)20-8-6-10-28-16-20/h6,8,10,16-18,21H,7,9,11-15H2,1-5H3,(H,30,40)(H,31,32,33)/t18-,21+/m0/s1. The topological polar surface area (TPSA) is 155 Å². The number of rotatable bonds is 5. The highest BCUT2D eigenvalue weighted by atomic mass is 16.2. The van der Waals surface area contributed by atoms with Crippen LogP contribution in [0.4, 0.5) is 0 Å². The fourth-order valence-electron chi connectivity index (χ4n) is 4.71. The van der Waals surface area contributed by atoms with E-state index in [9.17, 15) is 14.4 Å². The lowest BCUT2D eigenvalue weighted by Crippen LogP contribution is -2.48. The largest absolute Gasteiger partial charge is 0.344 e. The van der Waals surface area contributed by atoms with Crippen LogP contribution in [-0.2, 0) is 27.3 Å². The highest BCUT2D eigenvalue weighted by molar-refractivity contribution is 5.87. The summed E-state index contributed by atoms with van der Waals surface area (Å²) in [7, 11) is 1.63. The molecule has 2 N–H and O–H groups in total. The Balaban J connectivity index is 1.57. The zero-order valence-electron chi connectivity index (χ0n) is 23.8. The molecule has 0 saturated heterocycles. The molecule has 0 unspecified atom stereocenters. The summed E-state index contributed by atoms with van der Waals surface area (Å²) in [4.78, 5) is 55.9. The Morgan fingerprint density at radius 1 is 1.18 bits per heavy atom. The van der Waals surface area contributed by atoms with Gasteiger partial charge in [0.25, 0.3) is 0 Å². The van der Waals surface area contributed by atoms with E-state index >= 15 is 0 Å². The average Bonchev–Trinajstić information content (AvgIpc) is 3.55. The van der Waals surface area contributed by atoms with Crippen molar-refractivity contribution in [3.8, 4) is 11.4 Å². The van der Waals surface area contributed by atoms with Gasteiger partial charge in [-0.1, -0.05) is 13.8 Å². The Morgan fingerprint density at radius 2 is 1.98 bits per heavy atom. The van der Waals surface area contributed by atoms with E-state index in [1.165, 1.54) is 4.90 Å². The molecule has 1 aliphatic rings. The number of hydrogen-bond donors (Lipinski definition) is 2. The summed E-state index contributed by atoms with van der Waals surface area (Å²) in [5, 5.41) is 14.8. The maximum absolute atomic E-state index is 13.4. The number of amides is 3. The third kappa shape index (κ3) is 7.07. The molecule has 214 valence electrons. The minimum atomic E-state index is -0.652. The highest BCUT2D eigenvalue weighted by Crippen LogP contribution is 2.21. The number of nitrogens with one attached hydrogen (secondary N) is 2. The van der Waals surface area contributed by atoms with Crippen molar-refractivity contribution < 1.29 is 14.4 Å². The normalized spacial score (nSPS) is 19.4. The van der Waals surface area contributed by atoms with Crippen LogP contribution in [0.1, 0.15) is 63.5 Å². The summed E-state index contributed by atoms with van der Waals surface area (Å²) in [6.07, 6.45) is 4.70. The van der Waals surface area contributed by atoms with E-state index in [0.29, 0.717) is 55.8 Å². The summed E-state index contributed by atoms with van der Waals surface area (Å²) >= 11 is 0. The van der Waals surface area contributed by atoms with Crippen LogP contribution in [0.5, 0.6) is 0 Å². The van der Waals surface area contributed by atoms with Crippen LogP contribution in [0.15, 0.2) is 24.5 Å². The first-order chi connectivity index (χ1) is 19.1.